The van der Waals surface area contributed by atoms with Gasteiger partial charge in [-0.2, -0.15) is 8.78 Å². The number of nitrogens with two attached hydrogens (primary N) is 1. The fourth-order valence-corrected chi connectivity index (χ4v) is 1.08. The highest BCUT2D eigenvalue weighted by molar-refractivity contribution is 7.80. The molecule has 7 heteroatoms. The van der Waals surface area contributed by atoms with E-state index < -0.39 is 22.4 Å². The largest absolute Gasteiger partial charge is 0.467 e. The molecule has 1 rings (SSSR count). The monoisotopic (exact) mass is 211 g/mol. The molecule has 1 heterocycles. The highest BCUT2D eigenvalue weighted by Crippen LogP contribution is 2.31. The second kappa shape index (κ2) is 3.52. The van der Waals surface area contributed by atoms with Gasteiger partial charge in [-0.05, 0) is 12.1 Å². The van der Waals surface area contributed by atoms with Crippen molar-refractivity contribution >= 4 is 11.1 Å². The molecule has 0 amide bonds. The molecule has 1 aromatic heterocycles. The molecule has 74 valence electrons. The predicted octanol–water partition coefficient (Wildman–Crippen LogP) is 1.09. The van der Waals surface area contributed by atoms with E-state index in [1.54, 1.807) is 0 Å². The molecular formula is C6H7F2NO3S. The average Bonchev–Trinajstić information content (AvgIpc) is 2.54. The van der Waals surface area contributed by atoms with E-state index in [0.717, 1.165) is 6.26 Å². The Balaban J connectivity index is 2.90. The molecule has 0 saturated heterocycles. The Hall–Kier alpha value is -0.790. The summed E-state index contributed by atoms with van der Waals surface area (Å²) in [5.74, 6) is -0.229. The van der Waals surface area contributed by atoms with Crippen LogP contribution in [0.3, 0.4) is 0 Å². The Labute approximate surface area is 75.0 Å². The molecule has 0 aromatic carbocycles. The Bertz CT molecular complexity index is 301. The summed E-state index contributed by atoms with van der Waals surface area (Å²) in [5, 5.41) is -3.90. The van der Waals surface area contributed by atoms with E-state index in [9.17, 15) is 13.0 Å². The van der Waals surface area contributed by atoms with E-state index in [2.05, 4.69) is 4.42 Å². The van der Waals surface area contributed by atoms with Crippen LogP contribution in [-0.2, 0) is 11.1 Å². The van der Waals surface area contributed by atoms with Gasteiger partial charge in [-0.3, -0.25) is 0 Å². The first kappa shape index (κ1) is 10.3. The fourth-order valence-electron chi connectivity index (χ4n) is 0.742. The standard InChI is InChI=1S/C6H7F2NO3S/c7-6(8,13(10)11)5(9)4-2-1-3-12-4/h1-3,5H,9H2,(H,10,11)/t5-/m0/s1. The fraction of sp³-hybridized carbons (Fsp3) is 0.333. The van der Waals surface area contributed by atoms with Crippen LogP contribution in [0.2, 0.25) is 0 Å². The summed E-state index contributed by atoms with van der Waals surface area (Å²) in [4.78, 5) is 0. The van der Waals surface area contributed by atoms with Crippen LogP contribution in [0.5, 0.6) is 0 Å². The van der Waals surface area contributed by atoms with Crippen LogP contribution in [0.15, 0.2) is 22.8 Å². The lowest BCUT2D eigenvalue weighted by Crippen LogP contribution is -2.36. The molecular weight excluding hydrogens is 204 g/mol. The molecule has 1 unspecified atom stereocenters. The van der Waals surface area contributed by atoms with Crippen molar-refractivity contribution in [2.45, 2.75) is 11.3 Å². The zero-order chi connectivity index (χ0) is 10.1. The highest BCUT2D eigenvalue weighted by atomic mass is 32.2. The average molecular weight is 211 g/mol. The van der Waals surface area contributed by atoms with Crippen LogP contribution in [0.25, 0.3) is 0 Å². The summed E-state index contributed by atoms with van der Waals surface area (Å²) in [7, 11) is 0. The lowest BCUT2D eigenvalue weighted by molar-refractivity contribution is 0.0526. The Morgan fingerprint density at radius 3 is 2.69 bits per heavy atom. The van der Waals surface area contributed by atoms with Crippen molar-refractivity contribution < 1.29 is 22.0 Å². The summed E-state index contributed by atoms with van der Waals surface area (Å²) in [5.41, 5.74) is 5.02. The molecule has 0 aliphatic heterocycles. The minimum Gasteiger partial charge on any atom is -0.467 e. The third-order valence-electron chi connectivity index (χ3n) is 1.44. The van der Waals surface area contributed by atoms with Gasteiger partial charge in [-0.25, -0.2) is 4.21 Å². The van der Waals surface area contributed by atoms with Gasteiger partial charge >= 0.3 is 5.25 Å². The molecule has 4 nitrogen and oxygen atoms in total. The predicted molar refractivity (Wildman–Crippen MR) is 41.4 cm³/mol. The Morgan fingerprint density at radius 1 is 1.69 bits per heavy atom. The van der Waals surface area contributed by atoms with Crippen LogP contribution in [0, 0.1) is 0 Å². The van der Waals surface area contributed by atoms with Gasteiger partial charge in [0.15, 0.2) is 0 Å². The summed E-state index contributed by atoms with van der Waals surface area (Å²) in [6.45, 7) is 0. The zero-order valence-corrected chi connectivity index (χ0v) is 7.13. The quantitative estimate of drug-likeness (QED) is 0.734. The molecule has 0 radical (unpaired) electrons. The summed E-state index contributed by atoms with van der Waals surface area (Å²) in [6.07, 6.45) is 1.16. The smallest absolute Gasteiger partial charge is 0.366 e. The van der Waals surface area contributed by atoms with Crippen molar-refractivity contribution in [1.29, 1.82) is 0 Å². The first-order chi connectivity index (χ1) is 5.96. The third kappa shape index (κ3) is 1.93. The van der Waals surface area contributed by atoms with Crippen LogP contribution in [-0.4, -0.2) is 14.0 Å². The van der Waals surface area contributed by atoms with Gasteiger partial charge in [0.25, 0.3) is 0 Å². The number of rotatable bonds is 3. The first-order valence-corrected chi connectivity index (χ1v) is 4.34. The van der Waals surface area contributed by atoms with Gasteiger partial charge in [0.05, 0.1) is 6.26 Å². The van der Waals surface area contributed by atoms with Gasteiger partial charge in [-0.15, -0.1) is 0 Å². The molecule has 0 bridgehead atoms. The summed E-state index contributed by atoms with van der Waals surface area (Å²) >= 11 is -3.31. The maximum atomic E-state index is 12.8. The minimum absolute atomic E-state index is 0.229. The normalized spacial score (nSPS) is 16.9. The molecule has 0 spiro atoms. The van der Waals surface area contributed by atoms with Crippen molar-refractivity contribution in [2.24, 2.45) is 5.73 Å². The number of alkyl halides is 2. The van der Waals surface area contributed by atoms with Gasteiger partial charge < -0.3 is 14.7 Å². The molecule has 13 heavy (non-hydrogen) atoms. The molecule has 3 N–H and O–H groups in total. The van der Waals surface area contributed by atoms with Gasteiger partial charge in [0, 0.05) is 0 Å². The molecule has 1 aromatic rings. The maximum absolute atomic E-state index is 12.8. The van der Waals surface area contributed by atoms with E-state index in [1.165, 1.54) is 12.1 Å². The van der Waals surface area contributed by atoms with Crippen LogP contribution >= 0.6 is 0 Å². The summed E-state index contributed by atoms with van der Waals surface area (Å²) < 4.78 is 48.6. The second-order valence-corrected chi connectivity index (χ2v) is 3.35. The van der Waals surface area contributed by atoms with Crippen LogP contribution < -0.4 is 5.73 Å². The SMILES string of the molecule is N[C@@H](c1ccco1)C(F)(F)S(=O)O. The number of hydrogen-bond acceptors (Lipinski definition) is 3. The maximum Gasteiger partial charge on any atom is 0.366 e. The van der Waals surface area contributed by atoms with E-state index in [-0.39, 0.29) is 5.76 Å². The number of furan rings is 1. The molecule has 0 fully saturated rings. The molecule has 0 aliphatic rings. The Morgan fingerprint density at radius 2 is 2.31 bits per heavy atom. The molecule has 0 saturated carbocycles. The van der Waals surface area contributed by atoms with E-state index in [1.807, 2.05) is 0 Å². The minimum atomic E-state index is -3.90. The van der Waals surface area contributed by atoms with Crippen molar-refractivity contribution in [2.75, 3.05) is 0 Å². The third-order valence-corrected chi connectivity index (χ3v) is 2.16. The van der Waals surface area contributed by atoms with E-state index in [4.69, 9.17) is 10.3 Å². The number of hydrogen-bond donors (Lipinski definition) is 2. The zero-order valence-electron chi connectivity index (χ0n) is 6.31. The van der Waals surface area contributed by atoms with Gasteiger partial charge in [0.2, 0.25) is 11.1 Å². The van der Waals surface area contributed by atoms with Crippen molar-refractivity contribution in [1.82, 2.24) is 0 Å². The topological polar surface area (TPSA) is 76.5 Å². The van der Waals surface area contributed by atoms with Crippen molar-refractivity contribution in [3.05, 3.63) is 24.2 Å². The van der Waals surface area contributed by atoms with Gasteiger partial charge in [0.1, 0.15) is 11.8 Å². The number of halogens is 2. The van der Waals surface area contributed by atoms with Crippen molar-refractivity contribution in [3.63, 3.8) is 0 Å². The summed E-state index contributed by atoms with van der Waals surface area (Å²) in [6, 6.07) is 0.671. The second-order valence-electron chi connectivity index (χ2n) is 2.30. The van der Waals surface area contributed by atoms with Crippen LogP contribution in [0.1, 0.15) is 11.8 Å². The Kier molecular flexibility index (Phi) is 2.79. The molecule has 2 atom stereocenters. The molecule has 0 aliphatic carbocycles. The van der Waals surface area contributed by atoms with E-state index in [0.29, 0.717) is 0 Å². The van der Waals surface area contributed by atoms with E-state index >= 15 is 0 Å². The lowest BCUT2D eigenvalue weighted by atomic mass is 10.2. The van der Waals surface area contributed by atoms with Gasteiger partial charge in [-0.1, -0.05) is 0 Å². The van der Waals surface area contributed by atoms with Crippen molar-refractivity contribution in [3.8, 4) is 0 Å². The first-order valence-electron chi connectivity index (χ1n) is 3.24. The van der Waals surface area contributed by atoms with Crippen LogP contribution in [0.4, 0.5) is 8.78 Å². The lowest BCUT2D eigenvalue weighted by Gasteiger charge is -2.17. The highest BCUT2D eigenvalue weighted by Gasteiger charge is 2.46.